The number of piperazine rings is 1. The number of anilines is 3. The van der Waals surface area contributed by atoms with Gasteiger partial charge in [-0.2, -0.15) is 0 Å². The maximum atomic E-state index is 6.26. The van der Waals surface area contributed by atoms with Gasteiger partial charge in [-0.05, 0) is 57.9 Å². The van der Waals surface area contributed by atoms with Crippen LogP contribution in [0.2, 0.25) is 0 Å². The molecule has 0 saturated carbocycles. The van der Waals surface area contributed by atoms with E-state index in [0.717, 1.165) is 59.1 Å². The van der Waals surface area contributed by atoms with Gasteiger partial charge in [-0.15, -0.1) is 0 Å². The van der Waals surface area contributed by atoms with Crippen LogP contribution in [0, 0.1) is 0 Å². The largest absolute Gasteiger partial charge is 0.495 e. The van der Waals surface area contributed by atoms with Gasteiger partial charge in [-0.25, -0.2) is 15.0 Å². The van der Waals surface area contributed by atoms with E-state index < -0.39 is 0 Å². The van der Waals surface area contributed by atoms with Crippen LogP contribution in [-0.2, 0) is 6.42 Å². The zero-order valence-electron chi connectivity index (χ0n) is 23.5. The smallest absolute Gasteiger partial charge is 0.151 e. The van der Waals surface area contributed by atoms with E-state index in [1.165, 1.54) is 39.0 Å². The molecule has 9 heteroatoms. The quantitative estimate of drug-likeness (QED) is 0.483. The standard InChI is InChI=1S/C29H42N8O/c1-6-23-29(32-19(2)3)34-26-22(18-31-28(30)27(26)33-23)20-7-8-24(25(17-20)38-5)37-11-9-21(10-12-37)36-15-13-35(4)14-16-36/h7-8,17-19,21H,6,9-16H2,1-5H3,(H2,30,31)(H,32,34). The number of benzene rings is 1. The summed E-state index contributed by atoms with van der Waals surface area (Å²) in [5.41, 5.74) is 11.6. The minimum atomic E-state index is 0.245. The molecule has 38 heavy (non-hydrogen) atoms. The predicted octanol–water partition coefficient (Wildman–Crippen LogP) is 3.88. The number of nitrogen functional groups attached to an aromatic ring is 1. The maximum Gasteiger partial charge on any atom is 0.151 e. The van der Waals surface area contributed by atoms with E-state index in [0.29, 0.717) is 17.4 Å². The van der Waals surface area contributed by atoms with Gasteiger partial charge in [0.15, 0.2) is 5.82 Å². The SMILES string of the molecule is CCc1nc2c(N)ncc(-c3ccc(N4CCC(N5CCN(C)CC5)CC4)c(OC)c3)c2nc1NC(C)C. The molecule has 4 heterocycles. The van der Waals surface area contributed by atoms with Gasteiger partial charge in [0.1, 0.15) is 22.6 Å². The van der Waals surface area contributed by atoms with Crippen LogP contribution in [-0.4, -0.2) is 90.3 Å². The van der Waals surface area contributed by atoms with Crippen molar-refractivity contribution in [1.29, 1.82) is 0 Å². The molecular weight excluding hydrogens is 476 g/mol. The molecule has 2 fully saturated rings. The van der Waals surface area contributed by atoms with Gasteiger partial charge < -0.3 is 25.6 Å². The number of hydrogen-bond acceptors (Lipinski definition) is 9. The number of hydrogen-bond donors (Lipinski definition) is 2. The van der Waals surface area contributed by atoms with E-state index in [4.69, 9.17) is 20.4 Å². The van der Waals surface area contributed by atoms with Gasteiger partial charge in [0.2, 0.25) is 0 Å². The molecule has 3 aromatic rings. The summed E-state index contributed by atoms with van der Waals surface area (Å²) in [6.07, 6.45) is 4.92. The van der Waals surface area contributed by atoms with Crippen molar-refractivity contribution in [3.63, 3.8) is 0 Å². The first kappa shape index (κ1) is 26.4. The summed E-state index contributed by atoms with van der Waals surface area (Å²) >= 11 is 0. The highest BCUT2D eigenvalue weighted by atomic mass is 16.5. The lowest BCUT2D eigenvalue weighted by Crippen LogP contribution is -2.52. The average Bonchev–Trinajstić information content (AvgIpc) is 2.93. The van der Waals surface area contributed by atoms with Gasteiger partial charge in [-0.1, -0.05) is 13.0 Å². The average molecular weight is 519 g/mol. The second kappa shape index (κ2) is 11.3. The summed E-state index contributed by atoms with van der Waals surface area (Å²) in [6, 6.07) is 7.34. The van der Waals surface area contributed by atoms with E-state index in [2.05, 4.69) is 71.0 Å². The highest BCUT2D eigenvalue weighted by Crippen LogP contribution is 2.37. The first-order valence-corrected chi connectivity index (χ1v) is 14.0. The zero-order valence-corrected chi connectivity index (χ0v) is 23.5. The highest BCUT2D eigenvalue weighted by molar-refractivity contribution is 5.97. The molecule has 0 amide bonds. The summed E-state index contributed by atoms with van der Waals surface area (Å²) in [5, 5.41) is 3.45. The van der Waals surface area contributed by atoms with Gasteiger partial charge in [0.05, 0.1) is 18.5 Å². The zero-order chi connectivity index (χ0) is 26.8. The molecule has 0 radical (unpaired) electrons. The lowest BCUT2D eigenvalue weighted by molar-refractivity contribution is 0.0981. The lowest BCUT2D eigenvalue weighted by atomic mass is 10.00. The van der Waals surface area contributed by atoms with E-state index in [1.807, 2.05) is 0 Å². The van der Waals surface area contributed by atoms with Gasteiger partial charge >= 0.3 is 0 Å². The third kappa shape index (κ3) is 5.35. The third-order valence-corrected chi connectivity index (χ3v) is 7.91. The van der Waals surface area contributed by atoms with Crippen LogP contribution >= 0.6 is 0 Å². The second-order valence-corrected chi connectivity index (χ2v) is 10.9. The van der Waals surface area contributed by atoms with Crippen molar-refractivity contribution >= 4 is 28.4 Å². The number of rotatable bonds is 7. The van der Waals surface area contributed by atoms with Crippen molar-refractivity contribution in [2.45, 2.75) is 52.1 Å². The van der Waals surface area contributed by atoms with Crippen molar-refractivity contribution < 1.29 is 4.74 Å². The second-order valence-electron chi connectivity index (χ2n) is 10.9. The van der Waals surface area contributed by atoms with Crippen molar-refractivity contribution in [2.24, 2.45) is 0 Å². The van der Waals surface area contributed by atoms with E-state index in [9.17, 15) is 0 Å². The minimum absolute atomic E-state index is 0.245. The molecule has 5 rings (SSSR count). The molecule has 0 unspecified atom stereocenters. The summed E-state index contributed by atoms with van der Waals surface area (Å²) in [5.74, 6) is 2.06. The van der Waals surface area contributed by atoms with Crippen molar-refractivity contribution in [3.8, 4) is 16.9 Å². The van der Waals surface area contributed by atoms with Crippen molar-refractivity contribution in [2.75, 3.05) is 69.4 Å². The molecule has 2 aromatic heterocycles. The number of likely N-dealkylation sites (N-methyl/N-ethyl adjacent to an activating group) is 1. The number of piperidine rings is 1. The van der Waals surface area contributed by atoms with Crippen LogP contribution in [0.1, 0.15) is 39.3 Å². The Labute approximate surface area is 226 Å². The van der Waals surface area contributed by atoms with Crippen LogP contribution in [0.25, 0.3) is 22.2 Å². The van der Waals surface area contributed by atoms with Crippen LogP contribution < -0.4 is 20.7 Å². The molecular formula is C29H42N8O. The first-order valence-electron chi connectivity index (χ1n) is 14.0. The first-order chi connectivity index (χ1) is 18.4. The number of nitrogens with two attached hydrogens (primary N) is 1. The van der Waals surface area contributed by atoms with Gasteiger partial charge in [-0.3, -0.25) is 4.90 Å². The number of ether oxygens (including phenoxy) is 1. The third-order valence-electron chi connectivity index (χ3n) is 7.91. The van der Waals surface area contributed by atoms with Gasteiger partial charge in [0, 0.05) is 63.1 Å². The maximum absolute atomic E-state index is 6.26. The monoisotopic (exact) mass is 518 g/mol. The Hall–Kier alpha value is -3.17. The summed E-state index contributed by atoms with van der Waals surface area (Å²) in [4.78, 5) is 21.9. The number of fused-ring (bicyclic) bond motifs is 1. The lowest BCUT2D eigenvalue weighted by Gasteiger charge is -2.42. The van der Waals surface area contributed by atoms with Crippen LogP contribution in [0.5, 0.6) is 5.75 Å². The Balaban J connectivity index is 1.42. The summed E-state index contributed by atoms with van der Waals surface area (Å²) in [7, 11) is 3.96. The molecule has 9 nitrogen and oxygen atoms in total. The molecule has 1 aromatic carbocycles. The molecule has 0 aliphatic carbocycles. The fraction of sp³-hybridized carbons (Fsp3) is 0.552. The topological polar surface area (TPSA) is 95.7 Å². The highest BCUT2D eigenvalue weighted by Gasteiger charge is 2.28. The minimum Gasteiger partial charge on any atom is -0.495 e. The molecule has 0 atom stereocenters. The fourth-order valence-electron chi connectivity index (χ4n) is 5.71. The molecule has 0 bridgehead atoms. The van der Waals surface area contributed by atoms with Crippen LogP contribution in [0.4, 0.5) is 17.3 Å². The van der Waals surface area contributed by atoms with Gasteiger partial charge in [0.25, 0.3) is 0 Å². The number of aryl methyl sites for hydroxylation is 1. The number of methoxy groups -OCH3 is 1. The van der Waals surface area contributed by atoms with Crippen molar-refractivity contribution in [3.05, 3.63) is 30.1 Å². The molecule has 0 spiro atoms. The number of nitrogens with one attached hydrogen (secondary N) is 1. The Morgan fingerprint density at radius 2 is 1.79 bits per heavy atom. The Kier molecular flexibility index (Phi) is 7.85. The molecule has 2 aliphatic rings. The van der Waals surface area contributed by atoms with E-state index >= 15 is 0 Å². The number of aromatic nitrogens is 3. The number of pyridine rings is 1. The summed E-state index contributed by atoms with van der Waals surface area (Å²) in [6.45, 7) is 13.1. The Morgan fingerprint density at radius 1 is 1.05 bits per heavy atom. The molecule has 2 aliphatic heterocycles. The molecule has 204 valence electrons. The molecule has 2 saturated heterocycles. The van der Waals surface area contributed by atoms with Crippen molar-refractivity contribution in [1.82, 2.24) is 24.8 Å². The van der Waals surface area contributed by atoms with Crippen LogP contribution in [0.15, 0.2) is 24.4 Å². The number of nitrogens with zero attached hydrogens (tertiary/aromatic N) is 6. The normalized spacial score (nSPS) is 17.9. The van der Waals surface area contributed by atoms with Crippen LogP contribution in [0.3, 0.4) is 0 Å². The Bertz CT molecular complexity index is 1260. The fourth-order valence-corrected chi connectivity index (χ4v) is 5.71. The van der Waals surface area contributed by atoms with E-state index in [-0.39, 0.29) is 6.04 Å². The predicted molar refractivity (Wildman–Crippen MR) is 156 cm³/mol. The van der Waals surface area contributed by atoms with E-state index in [1.54, 1.807) is 13.3 Å². The molecule has 3 N–H and O–H groups in total. The Morgan fingerprint density at radius 3 is 2.45 bits per heavy atom. The summed E-state index contributed by atoms with van der Waals surface area (Å²) < 4.78 is 5.91.